The summed E-state index contributed by atoms with van der Waals surface area (Å²) < 4.78 is 7.31. The minimum atomic E-state index is 0. The number of aromatic nitrogens is 2. The van der Waals surface area contributed by atoms with Gasteiger partial charge < -0.3 is 15.4 Å². The summed E-state index contributed by atoms with van der Waals surface area (Å²) in [5.41, 5.74) is 1.12. The van der Waals surface area contributed by atoms with E-state index in [9.17, 15) is 0 Å². The number of aliphatic imine (C=N–C) groups is 1. The Morgan fingerprint density at radius 2 is 2.04 bits per heavy atom. The monoisotopic (exact) mass is 478 g/mol. The molecule has 26 heavy (non-hydrogen) atoms. The maximum atomic E-state index is 5.50. The predicted molar refractivity (Wildman–Crippen MR) is 117 cm³/mol. The molecule has 7 nitrogen and oxygen atoms in total. The van der Waals surface area contributed by atoms with E-state index in [-0.39, 0.29) is 24.0 Å². The van der Waals surface area contributed by atoms with E-state index in [4.69, 9.17) is 9.73 Å². The molecular weight excluding hydrogens is 443 g/mol. The van der Waals surface area contributed by atoms with Crippen LogP contribution in [0.5, 0.6) is 0 Å². The number of rotatable bonds is 8. The smallest absolute Gasteiger partial charge is 0.191 e. The minimum absolute atomic E-state index is 0. The van der Waals surface area contributed by atoms with Crippen molar-refractivity contribution >= 4 is 29.9 Å². The van der Waals surface area contributed by atoms with Crippen LogP contribution in [0.2, 0.25) is 0 Å². The molecule has 0 aliphatic carbocycles. The van der Waals surface area contributed by atoms with Crippen LogP contribution in [0.15, 0.2) is 17.4 Å². The summed E-state index contributed by atoms with van der Waals surface area (Å²) in [6.45, 7) is 12.8. The number of hydrogen-bond acceptors (Lipinski definition) is 4. The van der Waals surface area contributed by atoms with Gasteiger partial charge in [-0.1, -0.05) is 13.8 Å². The van der Waals surface area contributed by atoms with Crippen LogP contribution in [-0.2, 0) is 18.3 Å². The fourth-order valence-corrected chi connectivity index (χ4v) is 3.13. The number of morpholine rings is 1. The molecular formula is C18H35IN6O. The van der Waals surface area contributed by atoms with E-state index < -0.39 is 0 Å². The molecule has 2 N–H and O–H groups in total. The molecule has 1 saturated heterocycles. The Bertz CT molecular complexity index is 528. The molecule has 150 valence electrons. The van der Waals surface area contributed by atoms with Crippen LogP contribution >= 0.6 is 24.0 Å². The first-order chi connectivity index (χ1) is 12.1. The van der Waals surface area contributed by atoms with Crippen LogP contribution in [0, 0.1) is 5.92 Å². The van der Waals surface area contributed by atoms with Crippen LogP contribution < -0.4 is 10.6 Å². The van der Waals surface area contributed by atoms with Gasteiger partial charge in [-0.25, -0.2) is 4.99 Å². The molecule has 0 spiro atoms. The lowest BCUT2D eigenvalue weighted by molar-refractivity contribution is 0.0132. The van der Waals surface area contributed by atoms with Crippen molar-refractivity contribution in [1.82, 2.24) is 25.3 Å². The highest BCUT2D eigenvalue weighted by Crippen LogP contribution is 2.13. The molecule has 1 atom stereocenters. The fraction of sp³-hybridized carbons (Fsp3) is 0.778. The minimum Gasteiger partial charge on any atom is -0.379 e. The van der Waals surface area contributed by atoms with Crippen molar-refractivity contribution in [3.05, 3.63) is 18.0 Å². The van der Waals surface area contributed by atoms with Gasteiger partial charge in [-0.05, 0) is 19.3 Å². The summed E-state index contributed by atoms with van der Waals surface area (Å²) in [4.78, 5) is 7.23. The van der Waals surface area contributed by atoms with Gasteiger partial charge in [-0.2, -0.15) is 5.10 Å². The van der Waals surface area contributed by atoms with Crippen molar-refractivity contribution in [3.8, 4) is 0 Å². The highest BCUT2D eigenvalue weighted by molar-refractivity contribution is 14.0. The van der Waals surface area contributed by atoms with Gasteiger partial charge in [0, 0.05) is 51.0 Å². The Hall–Kier alpha value is -0.870. The summed E-state index contributed by atoms with van der Waals surface area (Å²) >= 11 is 0. The lowest BCUT2D eigenvalue weighted by Crippen LogP contribution is -2.51. The molecule has 1 fully saturated rings. The first-order valence-electron chi connectivity index (χ1n) is 9.40. The Kier molecular flexibility index (Phi) is 11.1. The van der Waals surface area contributed by atoms with Crippen molar-refractivity contribution in [2.45, 2.75) is 39.8 Å². The number of nitrogens with zero attached hydrogens (tertiary/aromatic N) is 4. The molecule has 1 unspecified atom stereocenters. The molecule has 1 aromatic rings. The lowest BCUT2D eigenvalue weighted by atomic mass is 10.0. The molecule has 0 amide bonds. The quantitative estimate of drug-likeness (QED) is 0.339. The van der Waals surface area contributed by atoms with E-state index in [1.54, 1.807) is 0 Å². The van der Waals surface area contributed by atoms with Gasteiger partial charge in [0.15, 0.2) is 5.96 Å². The zero-order valence-electron chi connectivity index (χ0n) is 16.6. The van der Waals surface area contributed by atoms with E-state index in [1.807, 2.05) is 24.1 Å². The Morgan fingerprint density at radius 3 is 2.62 bits per heavy atom. The van der Waals surface area contributed by atoms with E-state index in [1.165, 1.54) is 6.42 Å². The largest absolute Gasteiger partial charge is 0.379 e. The number of aryl methyl sites for hydroxylation is 1. The van der Waals surface area contributed by atoms with Gasteiger partial charge >= 0.3 is 0 Å². The van der Waals surface area contributed by atoms with Crippen molar-refractivity contribution in [2.24, 2.45) is 18.0 Å². The van der Waals surface area contributed by atoms with Crippen molar-refractivity contribution in [1.29, 1.82) is 0 Å². The summed E-state index contributed by atoms with van der Waals surface area (Å²) in [7, 11) is 1.93. The van der Waals surface area contributed by atoms with Crippen LogP contribution in [0.4, 0.5) is 0 Å². The van der Waals surface area contributed by atoms with Crippen LogP contribution in [0.1, 0.15) is 32.8 Å². The molecule has 1 aliphatic heterocycles. The molecule has 0 bridgehead atoms. The summed E-state index contributed by atoms with van der Waals surface area (Å²) in [5, 5.41) is 11.1. The third-order valence-electron chi connectivity index (χ3n) is 4.33. The highest BCUT2D eigenvalue weighted by Gasteiger charge is 2.22. The van der Waals surface area contributed by atoms with Gasteiger partial charge in [0.25, 0.3) is 0 Å². The lowest BCUT2D eigenvalue weighted by Gasteiger charge is -2.35. The molecule has 2 rings (SSSR count). The second-order valence-electron chi connectivity index (χ2n) is 7.03. The second kappa shape index (κ2) is 12.5. The average Bonchev–Trinajstić information content (AvgIpc) is 3.02. The van der Waals surface area contributed by atoms with Gasteiger partial charge in [0.2, 0.25) is 0 Å². The number of nitrogens with one attached hydrogen (secondary N) is 2. The zero-order chi connectivity index (χ0) is 18.1. The number of guanidine groups is 1. The van der Waals surface area contributed by atoms with Gasteiger partial charge in [-0.15, -0.1) is 24.0 Å². The molecule has 0 saturated carbocycles. The second-order valence-corrected chi connectivity index (χ2v) is 7.03. The molecule has 1 aromatic heterocycles. The maximum absolute atomic E-state index is 5.50. The molecule has 0 aromatic carbocycles. The summed E-state index contributed by atoms with van der Waals surface area (Å²) in [6.07, 6.45) is 5.04. The highest BCUT2D eigenvalue weighted by atomic mass is 127. The number of halogens is 1. The third kappa shape index (κ3) is 8.22. The molecule has 2 heterocycles. The Labute approximate surface area is 175 Å². The van der Waals surface area contributed by atoms with E-state index >= 15 is 0 Å². The van der Waals surface area contributed by atoms with E-state index in [0.29, 0.717) is 18.5 Å². The molecule has 1 aliphatic rings. The number of hydrogen-bond donors (Lipinski definition) is 2. The van der Waals surface area contributed by atoms with Crippen LogP contribution in [-0.4, -0.2) is 66.1 Å². The maximum Gasteiger partial charge on any atom is 0.191 e. The van der Waals surface area contributed by atoms with Gasteiger partial charge in [0.05, 0.1) is 26.0 Å². The number of ether oxygens (including phenoxy) is 1. The zero-order valence-corrected chi connectivity index (χ0v) is 18.9. The summed E-state index contributed by atoms with van der Waals surface area (Å²) in [5.74, 6) is 1.54. The van der Waals surface area contributed by atoms with Crippen molar-refractivity contribution in [2.75, 3.05) is 39.4 Å². The van der Waals surface area contributed by atoms with Crippen LogP contribution in [0.25, 0.3) is 0 Å². The van der Waals surface area contributed by atoms with Gasteiger partial charge in [-0.3, -0.25) is 9.58 Å². The normalized spacial score (nSPS) is 17.0. The summed E-state index contributed by atoms with van der Waals surface area (Å²) in [6, 6.07) is 0.506. The van der Waals surface area contributed by atoms with E-state index in [0.717, 1.165) is 50.9 Å². The topological polar surface area (TPSA) is 66.7 Å². The third-order valence-corrected chi connectivity index (χ3v) is 4.33. The predicted octanol–water partition coefficient (Wildman–Crippen LogP) is 1.84. The van der Waals surface area contributed by atoms with Crippen molar-refractivity contribution in [3.63, 3.8) is 0 Å². The molecule has 0 radical (unpaired) electrons. The van der Waals surface area contributed by atoms with Gasteiger partial charge in [0.1, 0.15) is 0 Å². The first kappa shape index (κ1) is 23.2. The Morgan fingerprint density at radius 1 is 1.31 bits per heavy atom. The standard InChI is InChI=1S/C18H34N6O.HI/c1-5-19-18(20-11-16-12-22-23(4)14-16)21-13-17(10-15(2)3)24-6-8-25-9-7-24;/h12,14-15,17H,5-11,13H2,1-4H3,(H2,19,20,21);1H. The van der Waals surface area contributed by atoms with Crippen molar-refractivity contribution < 1.29 is 4.74 Å². The molecule has 8 heteroatoms. The van der Waals surface area contributed by atoms with Crippen LogP contribution in [0.3, 0.4) is 0 Å². The first-order valence-corrected chi connectivity index (χ1v) is 9.40. The SMILES string of the molecule is CCNC(=NCc1cnn(C)c1)NCC(CC(C)C)N1CCOCC1.I. The average molecular weight is 478 g/mol. The fourth-order valence-electron chi connectivity index (χ4n) is 3.13. The van der Waals surface area contributed by atoms with E-state index in [2.05, 4.69) is 41.4 Å². The Balaban J connectivity index is 0.00000338.